The summed E-state index contributed by atoms with van der Waals surface area (Å²) in [5.41, 5.74) is 0.0576. The van der Waals surface area contributed by atoms with Crippen LogP contribution in [0.15, 0.2) is 29.2 Å². The van der Waals surface area contributed by atoms with Gasteiger partial charge in [-0.3, -0.25) is 4.79 Å². The molecule has 5 nitrogen and oxygen atoms in total. The molecule has 3 atom stereocenters. The van der Waals surface area contributed by atoms with Crippen LogP contribution in [0.2, 0.25) is 0 Å². The van der Waals surface area contributed by atoms with E-state index in [1.54, 1.807) is 0 Å². The maximum atomic E-state index is 13.3. The minimum Gasteiger partial charge on any atom is -0.349 e. The zero-order valence-electron chi connectivity index (χ0n) is 16.4. The fraction of sp³-hybridized carbons (Fsp3) is 0.650. The van der Waals surface area contributed by atoms with Crippen LogP contribution in [0.1, 0.15) is 62.2 Å². The number of piperidine rings is 1. The number of alkyl halides is 3. The van der Waals surface area contributed by atoms with Gasteiger partial charge >= 0.3 is 6.18 Å². The van der Waals surface area contributed by atoms with Crippen molar-refractivity contribution in [2.45, 2.75) is 75.0 Å². The fourth-order valence-corrected chi connectivity index (χ4v) is 6.06. The Morgan fingerprint density at radius 3 is 2.48 bits per heavy atom. The van der Waals surface area contributed by atoms with Gasteiger partial charge in [-0.2, -0.15) is 17.5 Å². The molecule has 1 aliphatic carbocycles. The van der Waals surface area contributed by atoms with Gasteiger partial charge in [-0.1, -0.05) is 25.3 Å². The zero-order chi connectivity index (χ0) is 21.2. The predicted molar refractivity (Wildman–Crippen MR) is 103 cm³/mol. The Morgan fingerprint density at radius 1 is 1.10 bits per heavy atom. The number of benzene rings is 1. The second-order valence-electron chi connectivity index (χ2n) is 8.00. The van der Waals surface area contributed by atoms with Gasteiger partial charge in [0.25, 0.3) is 5.91 Å². The van der Waals surface area contributed by atoms with E-state index in [1.807, 2.05) is 6.92 Å². The smallest absolute Gasteiger partial charge is 0.349 e. The van der Waals surface area contributed by atoms with Crippen molar-refractivity contribution in [1.29, 1.82) is 0 Å². The van der Waals surface area contributed by atoms with Gasteiger partial charge in [-0.25, -0.2) is 8.42 Å². The van der Waals surface area contributed by atoms with E-state index in [0.29, 0.717) is 19.4 Å². The van der Waals surface area contributed by atoms with Crippen molar-refractivity contribution in [3.63, 3.8) is 0 Å². The van der Waals surface area contributed by atoms with Crippen molar-refractivity contribution in [3.8, 4) is 0 Å². The SMILES string of the molecule is CC1CCCCN1S(=O)(=O)c1cccc(C(=O)NC2CCCCC2C(F)(F)F)c1. The molecule has 29 heavy (non-hydrogen) atoms. The molecule has 0 spiro atoms. The summed E-state index contributed by atoms with van der Waals surface area (Å²) in [6, 6.07) is 4.46. The Bertz CT molecular complexity index is 842. The van der Waals surface area contributed by atoms with Crippen LogP contribution in [0, 0.1) is 5.92 Å². The number of carbonyl (C=O) groups excluding carboxylic acids is 1. The summed E-state index contributed by atoms with van der Waals surface area (Å²) in [6.07, 6.45) is -0.471. The Kier molecular flexibility index (Phi) is 6.57. The summed E-state index contributed by atoms with van der Waals surface area (Å²) >= 11 is 0. The average Bonchev–Trinajstić information content (AvgIpc) is 2.68. The van der Waals surface area contributed by atoms with E-state index in [9.17, 15) is 26.4 Å². The third-order valence-corrected chi connectivity index (χ3v) is 7.96. The number of hydrogen-bond donors (Lipinski definition) is 1. The molecule has 1 saturated heterocycles. The molecule has 1 aromatic rings. The van der Waals surface area contributed by atoms with Gasteiger partial charge < -0.3 is 5.32 Å². The van der Waals surface area contributed by atoms with Crippen LogP contribution < -0.4 is 5.32 Å². The van der Waals surface area contributed by atoms with Crippen LogP contribution in [0.5, 0.6) is 0 Å². The van der Waals surface area contributed by atoms with Gasteiger partial charge in [-0.05, 0) is 50.8 Å². The Labute approximate surface area is 169 Å². The van der Waals surface area contributed by atoms with Crippen LogP contribution in [-0.2, 0) is 10.0 Å². The molecule has 0 aromatic heterocycles. The van der Waals surface area contributed by atoms with Crippen molar-refractivity contribution >= 4 is 15.9 Å². The van der Waals surface area contributed by atoms with Crippen molar-refractivity contribution < 1.29 is 26.4 Å². The first-order chi connectivity index (χ1) is 13.6. The van der Waals surface area contributed by atoms with E-state index in [2.05, 4.69) is 5.32 Å². The van der Waals surface area contributed by atoms with Gasteiger partial charge in [0.2, 0.25) is 10.0 Å². The summed E-state index contributed by atoms with van der Waals surface area (Å²) in [6.45, 7) is 2.28. The van der Waals surface area contributed by atoms with Crippen LogP contribution in [0.3, 0.4) is 0 Å². The van der Waals surface area contributed by atoms with Gasteiger partial charge in [-0.15, -0.1) is 0 Å². The molecule has 162 valence electrons. The Morgan fingerprint density at radius 2 is 1.79 bits per heavy atom. The molecule has 1 aliphatic heterocycles. The van der Waals surface area contributed by atoms with Crippen LogP contribution in [0.4, 0.5) is 13.2 Å². The number of hydrogen-bond acceptors (Lipinski definition) is 3. The number of carbonyl (C=O) groups is 1. The number of rotatable bonds is 4. The van der Waals surface area contributed by atoms with Crippen molar-refractivity contribution in [1.82, 2.24) is 9.62 Å². The minimum absolute atomic E-state index is 0.00425. The lowest BCUT2D eigenvalue weighted by Gasteiger charge is -2.33. The highest BCUT2D eigenvalue weighted by molar-refractivity contribution is 7.89. The lowest BCUT2D eigenvalue weighted by Crippen LogP contribution is -2.47. The molecular formula is C20H27F3N2O3S. The van der Waals surface area contributed by atoms with Crippen LogP contribution >= 0.6 is 0 Å². The first-order valence-electron chi connectivity index (χ1n) is 10.1. The molecule has 0 bridgehead atoms. The van der Waals surface area contributed by atoms with Crippen molar-refractivity contribution in [3.05, 3.63) is 29.8 Å². The summed E-state index contributed by atoms with van der Waals surface area (Å²) < 4.78 is 67.2. The van der Waals surface area contributed by atoms with E-state index < -0.39 is 34.1 Å². The fourth-order valence-electron chi connectivity index (χ4n) is 4.31. The molecule has 2 aliphatic rings. The quantitative estimate of drug-likeness (QED) is 0.779. The Balaban J connectivity index is 1.79. The summed E-state index contributed by atoms with van der Waals surface area (Å²) in [5, 5.41) is 2.49. The van der Waals surface area contributed by atoms with Gasteiger partial charge in [0.1, 0.15) is 0 Å². The largest absolute Gasteiger partial charge is 0.393 e. The first-order valence-corrected chi connectivity index (χ1v) is 11.5. The monoisotopic (exact) mass is 432 g/mol. The van der Waals surface area contributed by atoms with E-state index in [4.69, 9.17) is 0 Å². The highest BCUT2D eigenvalue weighted by Crippen LogP contribution is 2.38. The maximum Gasteiger partial charge on any atom is 0.393 e. The number of amides is 1. The summed E-state index contributed by atoms with van der Waals surface area (Å²) in [5.74, 6) is -2.24. The topological polar surface area (TPSA) is 66.5 Å². The van der Waals surface area contributed by atoms with E-state index in [-0.39, 0.29) is 29.3 Å². The summed E-state index contributed by atoms with van der Waals surface area (Å²) in [4.78, 5) is 12.6. The molecule has 3 rings (SSSR count). The first kappa shape index (κ1) is 22.1. The predicted octanol–water partition coefficient (Wildman–Crippen LogP) is 4.10. The number of halogens is 3. The molecule has 1 amide bonds. The second kappa shape index (κ2) is 8.63. The lowest BCUT2D eigenvalue weighted by molar-refractivity contribution is -0.187. The molecule has 9 heteroatoms. The van der Waals surface area contributed by atoms with E-state index in [1.165, 1.54) is 28.6 Å². The molecule has 1 saturated carbocycles. The molecule has 1 N–H and O–H groups in total. The van der Waals surface area contributed by atoms with Crippen molar-refractivity contribution in [2.75, 3.05) is 6.54 Å². The number of nitrogens with one attached hydrogen (secondary N) is 1. The third kappa shape index (κ3) is 4.94. The van der Waals surface area contributed by atoms with Gasteiger partial charge in [0.05, 0.1) is 10.8 Å². The molecule has 0 radical (unpaired) electrons. The van der Waals surface area contributed by atoms with Gasteiger partial charge in [0.15, 0.2) is 0 Å². The number of sulfonamides is 1. The van der Waals surface area contributed by atoms with Gasteiger partial charge in [0, 0.05) is 24.2 Å². The molecule has 3 unspecified atom stereocenters. The standard InChI is InChI=1S/C20H27F3N2O3S/c1-14-7-4-5-12-25(14)29(27,28)16-9-6-8-15(13-16)19(26)24-18-11-3-2-10-17(18)20(21,22)23/h6,8-9,13-14,17-18H,2-5,7,10-12H2,1H3,(H,24,26). The average molecular weight is 433 g/mol. The second-order valence-corrected chi connectivity index (χ2v) is 9.89. The molecule has 2 fully saturated rings. The zero-order valence-corrected chi connectivity index (χ0v) is 17.2. The molecule has 1 heterocycles. The maximum absolute atomic E-state index is 13.3. The van der Waals surface area contributed by atoms with Crippen LogP contribution in [0.25, 0.3) is 0 Å². The minimum atomic E-state index is -4.37. The van der Waals surface area contributed by atoms with E-state index >= 15 is 0 Å². The van der Waals surface area contributed by atoms with Crippen LogP contribution in [-0.4, -0.2) is 43.4 Å². The molecular weight excluding hydrogens is 405 g/mol. The summed E-state index contributed by atoms with van der Waals surface area (Å²) in [7, 11) is -3.76. The molecule has 1 aromatic carbocycles. The van der Waals surface area contributed by atoms with E-state index in [0.717, 1.165) is 19.3 Å². The normalized spacial score (nSPS) is 26.8. The highest BCUT2D eigenvalue weighted by Gasteiger charge is 2.46. The van der Waals surface area contributed by atoms with Crippen molar-refractivity contribution in [2.24, 2.45) is 5.92 Å². The third-order valence-electron chi connectivity index (χ3n) is 5.95. The Hall–Kier alpha value is -1.61. The highest BCUT2D eigenvalue weighted by atomic mass is 32.2. The lowest BCUT2D eigenvalue weighted by atomic mass is 9.84. The number of nitrogens with zero attached hydrogens (tertiary/aromatic N) is 1.